The molecule has 0 radical (unpaired) electrons. The molecule has 144 valence electrons. The third-order valence-corrected chi connectivity index (χ3v) is 9.25. The number of hydrogen-bond donors (Lipinski definition) is 0. The first-order valence-corrected chi connectivity index (χ1v) is 11.7. The van der Waals surface area contributed by atoms with Crippen LogP contribution in [0.5, 0.6) is 0 Å². The predicted octanol–water partition coefficient (Wildman–Crippen LogP) is 4.70. The lowest BCUT2D eigenvalue weighted by Crippen LogP contribution is -2.14. The lowest BCUT2D eigenvalue weighted by molar-refractivity contribution is 0.470. The number of rotatable bonds is 0. The summed E-state index contributed by atoms with van der Waals surface area (Å²) in [6.45, 7) is 0. The molecule has 0 nitrogen and oxygen atoms in total. The molecule has 6 spiro atoms. The van der Waals surface area contributed by atoms with Gasteiger partial charge in [0.05, 0.1) is 0 Å². The molecule has 0 heterocycles. The summed E-state index contributed by atoms with van der Waals surface area (Å²) in [4.78, 5) is 0. The van der Waals surface area contributed by atoms with Gasteiger partial charge in [-0.2, -0.15) is 0 Å². The normalized spacial score (nSPS) is 32.0. The summed E-state index contributed by atoms with van der Waals surface area (Å²) >= 11 is 0. The number of hydrogen-bond acceptors (Lipinski definition) is 0. The molecule has 0 aromatic carbocycles. The maximum Gasteiger partial charge on any atom is 0.0491 e. The van der Waals surface area contributed by atoms with E-state index in [1.54, 1.807) is 0 Å². The van der Waals surface area contributed by atoms with Gasteiger partial charge in [0.1, 0.15) is 0 Å². The van der Waals surface area contributed by atoms with E-state index in [9.17, 15) is 0 Å². The summed E-state index contributed by atoms with van der Waals surface area (Å²) in [5, 5.41) is 0. The Kier molecular flexibility index (Phi) is 2.93. The Bertz CT molecular complexity index is 976. The van der Waals surface area contributed by atoms with Gasteiger partial charge < -0.3 is 0 Å². The van der Waals surface area contributed by atoms with Gasteiger partial charge in [-0.3, -0.25) is 0 Å². The quantitative estimate of drug-likeness (QED) is 0.531. The zero-order valence-corrected chi connectivity index (χ0v) is 17.5. The summed E-state index contributed by atoms with van der Waals surface area (Å²) in [6, 6.07) is 0. The van der Waals surface area contributed by atoms with Gasteiger partial charge >= 0.3 is 0 Å². The molecule has 0 heteroatoms. The van der Waals surface area contributed by atoms with Gasteiger partial charge in [-0.15, -0.1) is 0 Å². The minimum absolute atomic E-state index is 0.0933. The van der Waals surface area contributed by atoms with Gasteiger partial charge in [0.2, 0.25) is 0 Å². The van der Waals surface area contributed by atoms with Gasteiger partial charge in [0.25, 0.3) is 0 Å². The Morgan fingerprint density at radius 2 is 0.367 bits per heavy atom. The predicted molar refractivity (Wildman–Crippen MR) is 117 cm³/mol. The van der Waals surface area contributed by atoms with E-state index >= 15 is 0 Å². The van der Waals surface area contributed by atoms with Crippen LogP contribution in [0.4, 0.5) is 0 Å². The Labute approximate surface area is 180 Å². The standard InChI is InChI=1S/C30H24/c1-2-8-26(15-16-26)28(19-20-28)10-5-6-12-30(23-24-30)29(21-22-29)11-4-3-9-27(17-18-27)25(7-1)13-14-25/h13-24H2. The molecule has 7 rings (SSSR count). The molecule has 0 bridgehead atoms. The molecule has 0 saturated heterocycles. The van der Waals surface area contributed by atoms with Crippen molar-refractivity contribution in [3.8, 4) is 71.0 Å². The second-order valence-corrected chi connectivity index (χ2v) is 11.0. The minimum atomic E-state index is 0.0933. The first-order valence-electron chi connectivity index (χ1n) is 11.7. The first-order chi connectivity index (χ1) is 14.6. The lowest BCUT2D eigenvalue weighted by Gasteiger charge is -2.15. The molecule has 0 amide bonds. The zero-order chi connectivity index (χ0) is 20.0. The monoisotopic (exact) mass is 384 g/mol. The molecule has 7 aliphatic rings. The van der Waals surface area contributed by atoms with Crippen molar-refractivity contribution in [3.05, 3.63) is 0 Å². The maximum atomic E-state index is 3.56. The van der Waals surface area contributed by atoms with E-state index in [1.165, 1.54) is 77.0 Å². The van der Waals surface area contributed by atoms with Crippen molar-refractivity contribution in [2.24, 2.45) is 32.5 Å². The zero-order valence-electron chi connectivity index (χ0n) is 17.5. The van der Waals surface area contributed by atoms with E-state index in [2.05, 4.69) is 71.0 Å². The van der Waals surface area contributed by atoms with Gasteiger partial charge in [-0.05, 0) is 113 Å². The van der Waals surface area contributed by atoms with Crippen molar-refractivity contribution in [2.45, 2.75) is 77.0 Å². The second kappa shape index (κ2) is 5.15. The molecule has 6 saturated carbocycles. The van der Waals surface area contributed by atoms with E-state index in [1.807, 2.05) is 0 Å². The summed E-state index contributed by atoms with van der Waals surface area (Å²) < 4.78 is 0. The van der Waals surface area contributed by atoms with E-state index in [0.29, 0.717) is 0 Å². The third kappa shape index (κ3) is 2.27. The molecule has 0 aliphatic heterocycles. The first kappa shape index (κ1) is 17.1. The average molecular weight is 385 g/mol. The summed E-state index contributed by atoms with van der Waals surface area (Å²) in [6.07, 6.45) is 14.1. The smallest absolute Gasteiger partial charge is 0.0491 e. The van der Waals surface area contributed by atoms with Crippen LogP contribution < -0.4 is 0 Å². The lowest BCUT2D eigenvalue weighted by atomic mass is 9.85. The molecule has 7 aliphatic carbocycles. The SMILES string of the molecule is C1#CC2(CC2)C2(C#CC#CC3(CC3)C3(C#CC#CC4(CC4)C4(C#C1)CC4)CC3)CC2. The van der Waals surface area contributed by atoms with E-state index in [4.69, 9.17) is 0 Å². The van der Waals surface area contributed by atoms with Crippen molar-refractivity contribution in [3.63, 3.8) is 0 Å². The van der Waals surface area contributed by atoms with E-state index in [0.717, 1.165) is 0 Å². The highest BCUT2D eigenvalue weighted by Crippen LogP contribution is 2.71. The summed E-state index contributed by atoms with van der Waals surface area (Å²) in [5.41, 5.74) is 0.560. The fourth-order valence-electron chi connectivity index (χ4n) is 5.99. The largest absolute Gasteiger partial charge is 0.0807 e. The molecular weight excluding hydrogens is 360 g/mol. The van der Waals surface area contributed by atoms with Crippen molar-refractivity contribution in [2.75, 3.05) is 0 Å². The highest BCUT2D eigenvalue weighted by Gasteiger charge is 2.66. The van der Waals surface area contributed by atoms with E-state index in [-0.39, 0.29) is 32.5 Å². The van der Waals surface area contributed by atoms with Gasteiger partial charge in [-0.1, -0.05) is 35.5 Å². The maximum absolute atomic E-state index is 3.56. The highest BCUT2D eigenvalue weighted by molar-refractivity contribution is 5.49. The van der Waals surface area contributed by atoms with Gasteiger partial charge in [0, 0.05) is 32.5 Å². The van der Waals surface area contributed by atoms with Crippen LogP contribution in [-0.4, -0.2) is 0 Å². The molecule has 0 unspecified atom stereocenters. The van der Waals surface area contributed by atoms with E-state index < -0.39 is 0 Å². The Hall–Kier alpha value is -2.64. The topological polar surface area (TPSA) is 0 Å². The van der Waals surface area contributed by atoms with Gasteiger partial charge in [0.15, 0.2) is 0 Å². The second-order valence-electron chi connectivity index (χ2n) is 11.0. The van der Waals surface area contributed by atoms with Crippen molar-refractivity contribution in [1.82, 2.24) is 0 Å². The van der Waals surface area contributed by atoms with Crippen LogP contribution in [0.25, 0.3) is 0 Å². The van der Waals surface area contributed by atoms with Crippen LogP contribution in [0.15, 0.2) is 0 Å². The molecule has 6 fully saturated rings. The molecule has 30 heavy (non-hydrogen) atoms. The fourth-order valence-corrected chi connectivity index (χ4v) is 5.99. The summed E-state index contributed by atoms with van der Waals surface area (Å²) in [7, 11) is 0. The van der Waals surface area contributed by atoms with Crippen LogP contribution >= 0.6 is 0 Å². The van der Waals surface area contributed by atoms with Crippen LogP contribution in [0, 0.1) is 104 Å². The molecular formula is C30H24. The van der Waals surface area contributed by atoms with Crippen molar-refractivity contribution < 1.29 is 0 Å². The Balaban J connectivity index is 1.30. The van der Waals surface area contributed by atoms with Crippen LogP contribution in [-0.2, 0) is 0 Å². The summed E-state index contributed by atoms with van der Waals surface area (Å²) in [5.74, 6) is 40.9. The van der Waals surface area contributed by atoms with Crippen molar-refractivity contribution >= 4 is 0 Å². The highest BCUT2D eigenvalue weighted by atomic mass is 14.7. The van der Waals surface area contributed by atoms with Crippen LogP contribution in [0.2, 0.25) is 0 Å². The van der Waals surface area contributed by atoms with Crippen molar-refractivity contribution in [1.29, 1.82) is 0 Å². The minimum Gasteiger partial charge on any atom is -0.0807 e. The van der Waals surface area contributed by atoms with Gasteiger partial charge in [-0.25, -0.2) is 0 Å². The fraction of sp³-hybridized carbons (Fsp3) is 0.600. The molecule has 0 atom stereocenters. The molecule has 0 N–H and O–H groups in total. The molecule has 0 aromatic heterocycles. The van der Waals surface area contributed by atoms with Crippen LogP contribution in [0.3, 0.4) is 0 Å². The number of fused-ring (bicyclic) bond motifs is 3. The Morgan fingerprint density at radius 1 is 0.233 bits per heavy atom. The third-order valence-electron chi connectivity index (χ3n) is 9.25. The molecule has 0 aromatic rings. The van der Waals surface area contributed by atoms with Crippen LogP contribution in [0.1, 0.15) is 77.0 Å². The Morgan fingerprint density at radius 3 is 0.467 bits per heavy atom. The average Bonchev–Trinajstić information content (AvgIpc) is 3.56.